The van der Waals surface area contributed by atoms with Crippen molar-refractivity contribution in [2.45, 2.75) is 6.61 Å². The van der Waals surface area contributed by atoms with Crippen LogP contribution in [0, 0.1) is 10.1 Å². The van der Waals surface area contributed by atoms with Crippen LogP contribution in [0.1, 0.15) is 15.9 Å². The highest BCUT2D eigenvalue weighted by Gasteiger charge is 2.14. The van der Waals surface area contributed by atoms with Gasteiger partial charge in [-0.2, -0.15) is 0 Å². The summed E-state index contributed by atoms with van der Waals surface area (Å²) < 4.78 is 5.50. The number of thiol groups is 1. The first kappa shape index (κ1) is 14.1. The van der Waals surface area contributed by atoms with E-state index in [9.17, 15) is 14.9 Å². The van der Waals surface area contributed by atoms with Crippen LogP contribution in [0.25, 0.3) is 0 Å². The fourth-order valence-corrected chi connectivity index (χ4v) is 1.92. The number of hydrogen-bond donors (Lipinski definition) is 1. The van der Waals surface area contributed by atoms with E-state index in [1.54, 1.807) is 42.5 Å². The Labute approximate surface area is 120 Å². The second kappa shape index (κ2) is 6.21. The Bertz CT molecular complexity index is 600. The zero-order valence-electron chi connectivity index (χ0n) is 10.4. The third-order valence-electron chi connectivity index (χ3n) is 2.69. The fourth-order valence-electron chi connectivity index (χ4n) is 1.74. The smallest absolute Gasteiger partial charge is 0.276 e. The molecule has 0 saturated carbocycles. The minimum Gasteiger partial charge on any atom is -0.488 e. The van der Waals surface area contributed by atoms with E-state index in [4.69, 9.17) is 4.74 Å². The molecule has 5 nitrogen and oxygen atoms in total. The Morgan fingerprint density at radius 2 is 1.80 bits per heavy atom. The first-order chi connectivity index (χ1) is 9.59. The van der Waals surface area contributed by atoms with Crippen molar-refractivity contribution in [3.63, 3.8) is 0 Å². The van der Waals surface area contributed by atoms with Crippen molar-refractivity contribution in [3.05, 3.63) is 69.8 Å². The molecule has 0 radical (unpaired) electrons. The van der Waals surface area contributed by atoms with Gasteiger partial charge in [-0.25, -0.2) is 0 Å². The number of ether oxygens (including phenoxy) is 1. The fraction of sp³-hybridized carbons (Fsp3) is 0.0714. The summed E-state index contributed by atoms with van der Waals surface area (Å²) in [7, 11) is 0. The van der Waals surface area contributed by atoms with Crippen LogP contribution in [-0.4, -0.2) is 10.0 Å². The molecule has 0 bridgehead atoms. The Hall–Kier alpha value is -2.34. The van der Waals surface area contributed by atoms with E-state index in [2.05, 4.69) is 12.6 Å². The minimum atomic E-state index is -0.464. The average molecular weight is 289 g/mol. The van der Waals surface area contributed by atoms with Gasteiger partial charge in [0.25, 0.3) is 5.69 Å². The molecule has 0 aromatic heterocycles. The maximum atomic E-state index is 11.3. The Morgan fingerprint density at radius 1 is 1.15 bits per heavy atom. The number of rotatable bonds is 5. The summed E-state index contributed by atoms with van der Waals surface area (Å²) in [6, 6.07) is 12.9. The molecule has 0 aliphatic heterocycles. The predicted octanol–water partition coefficient (Wildman–Crippen LogP) is 3.24. The van der Waals surface area contributed by atoms with Gasteiger partial charge in [-0.15, -0.1) is 12.6 Å². The molecule has 0 heterocycles. The molecule has 2 rings (SSSR count). The molecule has 0 spiro atoms. The normalized spacial score (nSPS) is 10.1. The molecule has 2 aromatic rings. The van der Waals surface area contributed by atoms with Crippen molar-refractivity contribution in [3.8, 4) is 5.75 Å². The first-order valence-electron chi connectivity index (χ1n) is 5.77. The molecule has 0 saturated heterocycles. The lowest BCUT2D eigenvalue weighted by Crippen LogP contribution is -2.03. The lowest BCUT2D eigenvalue weighted by molar-refractivity contribution is -0.385. The van der Waals surface area contributed by atoms with Crippen LogP contribution >= 0.6 is 12.6 Å². The van der Waals surface area contributed by atoms with Crippen LogP contribution < -0.4 is 4.74 Å². The molecular formula is C14H11NO4S. The molecular weight excluding hydrogens is 278 g/mol. The second-order valence-corrected chi connectivity index (χ2v) is 4.38. The van der Waals surface area contributed by atoms with Crippen LogP contribution in [0.3, 0.4) is 0 Å². The van der Waals surface area contributed by atoms with E-state index < -0.39 is 10.0 Å². The zero-order chi connectivity index (χ0) is 14.5. The number of carbonyl (C=O) groups is 1. The quantitative estimate of drug-likeness (QED) is 0.521. The number of nitro groups is 1. The number of para-hydroxylation sites is 2. The number of hydrogen-bond acceptors (Lipinski definition) is 4. The summed E-state index contributed by atoms with van der Waals surface area (Å²) in [6.45, 7) is 0.00915. The van der Waals surface area contributed by atoms with E-state index in [-0.39, 0.29) is 12.3 Å². The standard InChI is InChI=1S/C14H11NO4S/c16-14(20)11-6-2-4-8-13(11)19-9-10-5-1-3-7-12(10)15(17)18/h1-8H,9H2,(H,16,20). The topological polar surface area (TPSA) is 69.4 Å². The molecule has 0 amide bonds. The SMILES string of the molecule is O=C(S)c1ccccc1OCc1ccccc1[N+](=O)[O-]. The number of benzene rings is 2. The summed E-state index contributed by atoms with van der Waals surface area (Å²) in [5.41, 5.74) is 0.760. The Balaban J connectivity index is 2.22. The first-order valence-corrected chi connectivity index (χ1v) is 6.21. The van der Waals surface area contributed by atoms with E-state index in [0.29, 0.717) is 16.9 Å². The van der Waals surface area contributed by atoms with Gasteiger partial charge in [0, 0.05) is 6.07 Å². The molecule has 6 heteroatoms. The summed E-state index contributed by atoms with van der Waals surface area (Å²) in [6.07, 6.45) is 0. The van der Waals surface area contributed by atoms with Gasteiger partial charge in [-0.3, -0.25) is 14.9 Å². The van der Waals surface area contributed by atoms with E-state index in [1.165, 1.54) is 6.07 Å². The highest BCUT2D eigenvalue weighted by atomic mass is 32.1. The minimum absolute atomic E-state index is 0.00915. The predicted molar refractivity (Wildman–Crippen MR) is 77.2 cm³/mol. The number of nitrogens with zero attached hydrogens (tertiary/aromatic N) is 1. The largest absolute Gasteiger partial charge is 0.488 e. The van der Waals surface area contributed by atoms with Crippen molar-refractivity contribution in [2.24, 2.45) is 0 Å². The van der Waals surface area contributed by atoms with Gasteiger partial charge in [0.2, 0.25) is 5.12 Å². The van der Waals surface area contributed by atoms with Gasteiger partial charge in [-0.1, -0.05) is 24.3 Å². The third-order valence-corrected chi connectivity index (χ3v) is 2.93. The van der Waals surface area contributed by atoms with Crippen LogP contribution in [-0.2, 0) is 6.61 Å². The van der Waals surface area contributed by atoms with E-state index >= 15 is 0 Å². The average Bonchev–Trinajstić information content (AvgIpc) is 2.45. The maximum absolute atomic E-state index is 11.3. The Kier molecular flexibility index (Phi) is 4.37. The lowest BCUT2D eigenvalue weighted by atomic mass is 10.2. The summed E-state index contributed by atoms with van der Waals surface area (Å²) >= 11 is 3.76. The molecule has 0 fully saturated rings. The van der Waals surface area contributed by atoms with Gasteiger partial charge in [0.05, 0.1) is 16.1 Å². The summed E-state index contributed by atoms with van der Waals surface area (Å²) in [4.78, 5) is 21.8. The molecule has 0 atom stereocenters. The second-order valence-electron chi connectivity index (χ2n) is 3.98. The maximum Gasteiger partial charge on any atom is 0.276 e. The summed E-state index contributed by atoms with van der Waals surface area (Å²) in [5.74, 6) is 0.352. The molecule has 20 heavy (non-hydrogen) atoms. The number of carbonyl (C=O) groups excluding carboxylic acids is 1. The van der Waals surface area contributed by atoms with Gasteiger partial charge >= 0.3 is 0 Å². The van der Waals surface area contributed by atoms with E-state index in [0.717, 1.165) is 0 Å². The van der Waals surface area contributed by atoms with Crippen LogP contribution in [0.5, 0.6) is 5.75 Å². The van der Waals surface area contributed by atoms with Crippen molar-refractivity contribution in [1.29, 1.82) is 0 Å². The van der Waals surface area contributed by atoms with Gasteiger partial charge in [0.15, 0.2) is 0 Å². The van der Waals surface area contributed by atoms with Crippen molar-refractivity contribution >= 4 is 23.4 Å². The van der Waals surface area contributed by atoms with Gasteiger partial charge < -0.3 is 4.74 Å². The highest BCUT2D eigenvalue weighted by molar-refractivity contribution is 7.97. The van der Waals surface area contributed by atoms with Gasteiger partial charge in [0.1, 0.15) is 12.4 Å². The summed E-state index contributed by atoms with van der Waals surface area (Å²) in [5, 5.41) is 10.5. The van der Waals surface area contributed by atoms with Crippen molar-refractivity contribution in [1.82, 2.24) is 0 Å². The van der Waals surface area contributed by atoms with Crippen molar-refractivity contribution in [2.75, 3.05) is 0 Å². The number of nitro benzene ring substituents is 1. The molecule has 0 aliphatic rings. The zero-order valence-corrected chi connectivity index (χ0v) is 11.2. The van der Waals surface area contributed by atoms with Gasteiger partial charge in [-0.05, 0) is 18.2 Å². The third kappa shape index (κ3) is 3.16. The van der Waals surface area contributed by atoms with E-state index in [1.807, 2.05) is 0 Å². The molecule has 2 aromatic carbocycles. The monoisotopic (exact) mass is 289 g/mol. The van der Waals surface area contributed by atoms with Crippen LogP contribution in [0.2, 0.25) is 0 Å². The van der Waals surface area contributed by atoms with Crippen LogP contribution in [0.15, 0.2) is 48.5 Å². The molecule has 0 N–H and O–H groups in total. The Morgan fingerprint density at radius 3 is 2.50 bits per heavy atom. The molecule has 0 unspecified atom stereocenters. The van der Waals surface area contributed by atoms with Crippen LogP contribution in [0.4, 0.5) is 5.69 Å². The lowest BCUT2D eigenvalue weighted by Gasteiger charge is -2.09. The highest BCUT2D eigenvalue weighted by Crippen LogP contribution is 2.23. The van der Waals surface area contributed by atoms with Crippen molar-refractivity contribution < 1.29 is 14.5 Å². The molecule has 102 valence electrons. The molecule has 0 aliphatic carbocycles.